The molecule has 4 nitrogen and oxygen atoms in total. The monoisotopic (exact) mass is 694 g/mol. The van der Waals surface area contributed by atoms with Gasteiger partial charge >= 0.3 is 0 Å². The molecule has 0 radical (unpaired) electrons. The first-order valence-corrected chi connectivity index (χ1v) is 19.1. The molecule has 0 bridgehead atoms. The van der Waals surface area contributed by atoms with Crippen molar-refractivity contribution in [2.75, 3.05) is 21.3 Å². The van der Waals surface area contributed by atoms with Crippen LogP contribution >= 0.6 is 0 Å². The lowest BCUT2D eigenvalue weighted by Crippen LogP contribution is -2.10. The maximum atomic E-state index is 6.20. The number of rotatable bonds is 7. The SMILES string of the molecule is CC.COc1ccc2c(c1-c1c(OC)ccc3c1CCCC3)CCCC2.COc1ccc2ccccc2c1-c1c(OC(C)C)ccc2ccccc12. The average Bonchev–Trinajstić information content (AvgIpc) is 3.20. The molecule has 4 heteroatoms. The van der Waals surface area contributed by atoms with Crippen LogP contribution in [0.5, 0.6) is 23.0 Å². The summed E-state index contributed by atoms with van der Waals surface area (Å²) in [5, 5.41) is 4.71. The molecule has 0 atom stereocenters. The lowest BCUT2D eigenvalue weighted by Gasteiger charge is -2.27. The van der Waals surface area contributed by atoms with Crippen LogP contribution in [-0.2, 0) is 25.7 Å². The minimum atomic E-state index is 0.0934. The topological polar surface area (TPSA) is 36.9 Å². The largest absolute Gasteiger partial charge is 0.496 e. The van der Waals surface area contributed by atoms with Gasteiger partial charge in [-0.25, -0.2) is 0 Å². The minimum absolute atomic E-state index is 0.0934. The van der Waals surface area contributed by atoms with Crippen molar-refractivity contribution < 1.29 is 18.9 Å². The minimum Gasteiger partial charge on any atom is -0.496 e. The third-order valence-electron chi connectivity index (χ3n) is 10.3. The van der Waals surface area contributed by atoms with E-state index in [0.717, 1.165) is 52.4 Å². The van der Waals surface area contributed by atoms with Gasteiger partial charge in [0.1, 0.15) is 23.0 Å². The number of ether oxygens (including phenoxy) is 4. The van der Waals surface area contributed by atoms with Crippen LogP contribution in [0.4, 0.5) is 0 Å². The standard InChI is InChI=1S/C24H22O2.C22H26O2.C2H6/c1-16(2)26-22-15-13-18-9-5-7-11-20(18)24(22)23-19-10-6-4-8-17(19)12-14-21(23)25-3;1-23-19-13-11-15-7-3-5-9-17(15)21(19)22-18-10-6-4-8-16(18)12-14-20(22)24-2;1-2/h4-16H,1-3H3;11-14H,3-10H2,1-2H3;1-2H3. The first kappa shape index (κ1) is 36.8. The van der Waals surface area contributed by atoms with Crippen molar-refractivity contribution in [3.63, 3.8) is 0 Å². The third-order valence-corrected chi connectivity index (χ3v) is 10.3. The van der Waals surface area contributed by atoms with Gasteiger partial charge < -0.3 is 18.9 Å². The predicted octanol–water partition coefficient (Wildman–Crippen LogP) is 12.6. The Hall–Kier alpha value is -4.96. The highest BCUT2D eigenvalue weighted by molar-refractivity contribution is 6.09. The van der Waals surface area contributed by atoms with Gasteiger partial charge in [0, 0.05) is 22.3 Å². The zero-order chi connectivity index (χ0) is 36.6. The highest BCUT2D eigenvalue weighted by Crippen LogP contribution is 2.47. The Morgan fingerprint density at radius 2 is 0.808 bits per heavy atom. The van der Waals surface area contributed by atoms with Gasteiger partial charge in [-0.15, -0.1) is 0 Å². The van der Waals surface area contributed by atoms with Gasteiger partial charge in [0.15, 0.2) is 0 Å². The molecule has 0 fully saturated rings. The van der Waals surface area contributed by atoms with Crippen LogP contribution in [0.2, 0.25) is 0 Å². The molecule has 0 N–H and O–H groups in total. The lowest BCUT2D eigenvalue weighted by atomic mass is 9.80. The number of fused-ring (bicyclic) bond motifs is 4. The Balaban J connectivity index is 0.000000171. The van der Waals surface area contributed by atoms with Gasteiger partial charge in [0.25, 0.3) is 0 Å². The molecule has 52 heavy (non-hydrogen) atoms. The third kappa shape index (κ3) is 7.35. The second kappa shape index (κ2) is 17.0. The van der Waals surface area contributed by atoms with Crippen LogP contribution in [0, 0.1) is 0 Å². The van der Waals surface area contributed by atoms with Crippen LogP contribution in [-0.4, -0.2) is 27.4 Å². The van der Waals surface area contributed by atoms with Gasteiger partial charge in [0.2, 0.25) is 0 Å². The molecule has 0 amide bonds. The summed E-state index contributed by atoms with van der Waals surface area (Å²) >= 11 is 0. The molecule has 0 saturated heterocycles. The van der Waals surface area contributed by atoms with Crippen LogP contribution in [0.3, 0.4) is 0 Å². The summed E-state index contributed by atoms with van der Waals surface area (Å²) in [6.07, 6.45) is 9.88. The number of hydrogen-bond acceptors (Lipinski definition) is 4. The van der Waals surface area contributed by atoms with Gasteiger partial charge in [-0.05, 0) is 133 Å². The fraction of sp³-hybridized carbons (Fsp3) is 0.333. The summed E-state index contributed by atoms with van der Waals surface area (Å²) in [5.41, 5.74) is 10.7. The smallest absolute Gasteiger partial charge is 0.128 e. The normalized spacial score (nSPS) is 13.2. The molecule has 6 aromatic rings. The Bertz CT molecular complexity index is 2080. The highest BCUT2D eigenvalue weighted by atomic mass is 16.5. The fourth-order valence-corrected chi connectivity index (χ4v) is 8.04. The van der Waals surface area contributed by atoms with E-state index in [-0.39, 0.29) is 6.10 Å². The van der Waals surface area contributed by atoms with Gasteiger partial charge in [0.05, 0.1) is 27.4 Å². The summed E-state index contributed by atoms with van der Waals surface area (Å²) in [5.74, 6) is 3.72. The van der Waals surface area contributed by atoms with Crippen LogP contribution in [0.25, 0.3) is 43.8 Å². The van der Waals surface area contributed by atoms with E-state index in [1.807, 2.05) is 19.9 Å². The molecule has 6 aromatic carbocycles. The number of hydrogen-bond donors (Lipinski definition) is 0. The van der Waals surface area contributed by atoms with Crippen molar-refractivity contribution in [2.24, 2.45) is 0 Å². The quantitative estimate of drug-likeness (QED) is 0.167. The Labute approximate surface area is 310 Å². The van der Waals surface area contributed by atoms with E-state index in [1.54, 1.807) is 21.3 Å². The van der Waals surface area contributed by atoms with Crippen molar-refractivity contribution in [2.45, 2.75) is 85.2 Å². The molecule has 0 saturated carbocycles. The Kier molecular flexibility index (Phi) is 12.1. The van der Waals surface area contributed by atoms with Crippen molar-refractivity contribution >= 4 is 21.5 Å². The summed E-state index contributed by atoms with van der Waals surface area (Å²) in [6, 6.07) is 34.0. The van der Waals surface area contributed by atoms with Crippen molar-refractivity contribution in [3.8, 4) is 45.3 Å². The summed E-state index contributed by atoms with van der Waals surface area (Å²) in [7, 11) is 5.30. The van der Waals surface area contributed by atoms with E-state index in [4.69, 9.17) is 18.9 Å². The summed E-state index contributed by atoms with van der Waals surface area (Å²) in [4.78, 5) is 0. The molecule has 2 aliphatic carbocycles. The molecule has 270 valence electrons. The number of aryl methyl sites for hydroxylation is 2. The predicted molar refractivity (Wildman–Crippen MR) is 219 cm³/mol. The molecule has 0 aliphatic heterocycles. The van der Waals surface area contributed by atoms with E-state index >= 15 is 0 Å². The van der Waals surface area contributed by atoms with Crippen molar-refractivity contribution in [1.82, 2.24) is 0 Å². The summed E-state index contributed by atoms with van der Waals surface area (Å²) < 4.78 is 23.6. The molecule has 0 aromatic heterocycles. The van der Waals surface area contributed by atoms with Crippen LogP contribution in [0.1, 0.15) is 75.6 Å². The zero-order valence-corrected chi connectivity index (χ0v) is 32.1. The molecular weight excluding hydrogens is 641 g/mol. The highest BCUT2D eigenvalue weighted by Gasteiger charge is 2.26. The van der Waals surface area contributed by atoms with Crippen molar-refractivity contribution in [1.29, 1.82) is 0 Å². The molecule has 0 unspecified atom stereocenters. The number of methoxy groups -OCH3 is 3. The lowest BCUT2D eigenvalue weighted by molar-refractivity contribution is 0.243. The molecule has 0 heterocycles. The first-order chi connectivity index (χ1) is 25.5. The zero-order valence-electron chi connectivity index (χ0n) is 32.1. The average molecular weight is 695 g/mol. The molecule has 8 rings (SSSR count). The first-order valence-electron chi connectivity index (χ1n) is 19.1. The Morgan fingerprint density at radius 1 is 0.423 bits per heavy atom. The van der Waals surface area contributed by atoms with Gasteiger partial charge in [-0.1, -0.05) is 86.6 Å². The number of benzene rings is 6. The van der Waals surface area contributed by atoms with E-state index < -0.39 is 0 Å². The van der Waals surface area contributed by atoms with Crippen LogP contribution < -0.4 is 18.9 Å². The maximum Gasteiger partial charge on any atom is 0.128 e. The fourth-order valence-electron chi connectivity index (χ4n) is 8.04. The van der Waals surface area contributed by atoms with E-state index in [2.05, 4.69) is 105 Å². The maximum absolute atomic E-state index is 6.20. The van der Waals surface area contributed by atoms with Gasteiger partial charge in [-0.3, -0.25) is 0 Å². The summed E-state index contributed by atoms with van der Waals surface area (Å²) in [6.45, 7) is 8.11. The van der Waals surface area contributed by atoms with E-state index in [1.165, 1.54) is 88.1 Å². The molecule has 0 spiro atoms. The van der Waals surface area contributed by atoms with Gasteiger partial charge in [-0.2, -0.15) is 0 Å². The van der Waals surface area contributed by atoms with Crippen molar-refractivity contribution in [3.05, 3.63) is 119 Å². The second-order valence-electron chi connectivity index (χ2n) is 13.7. The van der Waals surface area contributed by atoms with E-state index in [9.17, 15) is 0 Å². The van der Waals surface area contributed by atoms with E-state index in [0.29, 0.717) is 0 Å². The second-order valence-corrected chi connectivity index (χ2v) is 13.7. The molecular formula is C48H54O4. The Morgan fingerprint density at radius 3 is 1.27 bits per heavy atom. The van der Waals surface area contributed by atoms with Crippen LogP contribution in [0.15, 0.2) is 97.1 Å². The molecule has 2 aliphatic rings.